The number of hydrogen-bond acceptors (Lipinski definition) is 3. The van der Waals surface area contributed by atoms with Gasteiger partial charge in [-0.2, -0.15) is 0 Å². The van der Waals surface area contributed by atoms with Crippen molar-refractivity contribution in [1.82, 2.24) is 4.57 Å². The zero-order chi connectivity index (χ0) is 18.0. The Bertz CT molecular complexity index is 942. The predicted octanol–water partition coefficient (Wildman–Crippen LogP) is 2.93. The number of ketones is 1. The first-order valence-electron chi connectivity index (χ1n) is 8.14. The normalized spacial score (nSPS) is 10.8. The van der Waals surface area contributed by atoms with E-state index in [0.29, 0.717) is 29.7 Å². The molecule has 5 nitrogen and oxygen atoms in total. The van der Waals surface area contributed by atoms with E-state index >= 15 is 0 Å². The molecule has 0 bridgehead atoms. The van der Waals surface area contributed by atoms with E-state index in [1.807, 2.05) is 49.4 Å². The smallest absolute Gasteiger partial charge is 0.289 e. The summed E-state index contributed by atoms with van der Waals surface area (Å²) in [5.41, 5.74) is 8.46. The molecule has 0 aliphatic heterocycles. The molecule has 5 heteroatoms. The van der Waals surface area contributed by atoms with E-state index in [-0.39, 0.29) is 0 Å². The SMILES string of the molecule is CCc1c(C(=O)C(N)=O)c2cc(OC)ccc2n1Cc1ccccc1. The monoisotopic (exact) mass is 336 g/mol. The summed E-state index contributed by atoms with van der Waals surface area (Å²) >= 11 is 0. The molecule has 0 spiro atoms. The maximum atomic E-state index is 12.5. The third-order valence-electron chi connectivity index (χ3n) is 4.35. The number of aromatic nitrogens is 1. The largest absolute Gasteiger partial charge is 0.497 e. The first-order chi connectivity index (χ1) is 12.1. The fraction of sp³-hybridized carbons (Fsp3) is 0.200. The predicted molar refractivity (Wildman–Crippen MR) is 96.9 cm³/mol. The molecule has 0 saturated heterocycles. The third-order valence-corrected chi connectivity index (χ3v) is 4.35. The molecule has 2 N–H and O–H groups in total. The molecule has 0 radical (unpaired) electrons. The molecule has 25 heavy (non-hydrogen) atoms. The zero-order valence-corrected chi connectivity index (χ0v) is 14.3. The van der Waals surface area contributed by atoms with Gasteiger partial charge in [-0.25, -0.2) is 0 Å². The Kier molecular flexibility index (Phi) is 4.57. The van der Waals surface area contributed by atoms with Crippen molar-refractivity contribution in [2.24, 2.45) is 5.73 Å². The van der Waals surface area contributed by atoms with E-state index in [1.165, 1.54) is 0 Å². The number of Topliss-reactive ketones (excluding diaryl/α,β-unsaturated/α-hetero) is 1. The lowest BCUT2D eigenvalue weighted by Crippen LogP contribution is -2.24. The molecule has 128 valence electrons. The fourth-order valence-electron chi connectivity index (χ4n) is 3.20. The number of hydrogen-bond donors (Lipinski definition) is 1. The third kappa shape index (κ3) is 3.01. The van der Waals surface area contributed by atoms with Gasteiger partial charge in [0.05, 0.1) is 12.7 Å². The van der Waals surface area contributed by atoms with Crippen LogP contribution in [-0.4, -0.2) is 23.4 Å². The van der Waals surface area contributed by atoms with Crippen molar-refractivity contribution in [1.29, 1.82) is 0 Å². The summed E-state index contributed by atoms with van der Waals surface area (Å²) in [5.74, 6) is -0.983. The number of methoxy groups -OCH3 is 1. The van der Waals surface area contributed by atoms with Crippen molar-refractivity contribution in [2.75, 3.05) is 7.11 Å². The van der Waals surface area contributed by atoms with Gasteiger partial charge in [-0.3, -0.25) is 9.59 Å². The molecule has 1 amide bonds. The van der Waals surface area contributed by atoms with Gasteiger partial charge >= 0.3 is 0 Å². The molecule has 0 saturated carbocycles. The molecule has 1 heterocycles. The summed E-state index contributed by atoms with van der Waals surface area (Å²) in [5, 5.41) is 0.691. The first kappa shape index (κ1) is 16.8. The van der Waals surface area contributed by atoms with Crippen LogP contribution in [0.15, 0.2) is 48.5 Å². The van der Waals surface area contributed by atoms with Gasteiger partial charge in [-0.05, 0) is 30.2 Å². The van der Waals surface area contributed by atoms with Gasteiger partial charge in [0.1, 0.15) is 5.75 Å². The number of fused-ring (bicyclic) bond motifs is 1. The number of rotatable bonds is 6. The first-order valence-corrected chi connectivity index (χ1v) is 8.14. The number of carbonyl (C=O) groups excluding carboxylic acids is 2. The van der Waals surface area contributed by atoms with Crippen molar-refractivity contribution in [3.05, 3.63) is 65.4 Å². The summed E-state index contributed by atoms with van der Waals surface area (Å²) in [6, 6.07) is 15.5. The standard InChI is InChI=1S/C20H20N2O3/c1-3-16-18(19(23)20(21)24)15-11-14(25-2)9-10-17(15)22(16)12-13-7-5-4-6-8-13/h4-11H,3,12H2,1-2H3,(H2,21,24). The molecule has 0 aliphatic carbocycles. The average Bonchev–Trinajstić information content (AvgIpc) is 2.94. The number of nitrogens with two attached hydrogens (primary N) is 1. The van der Waals surface area contributed by atoms with Gasteiger partial charge in [-0.15, -0.1) is 0 Å². The lowest BCUT2D eigenvalue weighted by Gasteiger charge is -2.10. The van der Waals surface area contributed by atoms with Gasteiger partial charge in [0.2, 0.25) is 0 Å². The minimum atomic E-state index is -0.948. The van der Waals surface area contributed by atoms with Crippen LogP contribution in [0.1, 0.15) is 28.5 Å². The topological polar surface area (TPSA) is 74.3 Å². The van der Waals surface area contributed by atoms with Gasteiger partial charge in [0.15, 0.2) is 0 Å². The maximum absolute atomic E-state index is 12.5. The lowest BCUT2D eigenvalue weighted by molar-refractivity contribution is -0.114. The Morgan fingerprint density at radius 2 is 1.84 bits per heavy atom. The summed E-state index contributed by atoms with van der Waals surface area (Å²) in [6.45, 7) is 2.57. The highest BCUT2D eigenvalue weighted by molar-refractivity contribution is 6.45. The molecule has 0 unspecified atom stereocenters. The second-order valence-electron chi connectivity index (χ2n) is 5.82. The quantitative estimate of drug-likeness (QED) is 0.555. The highest BCUT2D eigenvalue weighted by Crippen LogP contribution is 2.31. The molecule has 2 aromatic carbocycles. The van der Waals surface area contributed by atoms with Crippen LogP contribution in [0.3, 0.4) is 0 Å². The van der Waals surface area contributed by atoms with Gasteiger partial charge in [0.25, 0.3) is 11.7 Å². The number of primary amides is 1. The van der Waals surface area contributed by atoms with Crippen LogP contribution >= 0.6 is 0 Å². The van der Waals surface area contributed by atoms with Gasteiger partial charge < -0.3 is 15.0 Å². The van der Waals surface area contributed by atoms with Crippen LogP contribution in [0.5, 0.6) is 5.75 Å². The van der Waals surface area contributed by atoms with E-state index in [2.05, 4.69) is 4.57 Å². The maximum Gasteiger partial charge on any atom is 0.289 e. The van der Waals surface area contributed by atoms with E-state index < -0.39 is 11.7 Å². The second kappa shape index (κ2) is 6.81. The van der Waals surface area contributed by atoms with Crippen LogP contribution < -0.4 is 10.5 Å². The molecule has 0 fully saturated rings. The van der Waals surface area contributed by atoms with Gasteiger partial charge in [0, 0.05) is 23.1 Å². The minimum Gasteiger partial charge on any atom is -0.497 e. The number of benzene rings is 2. The molecular formula is C20H20N2O3. The Morgan fingerprint density at radius 3 is 2.44 bits per heavy atom. The Morgan fingerprint density at radius 1 is 1.12 bits per heavy atom. The Balaban J connectivity index is 2.28. The number of amides is 1. The molecular weight excluding hydrogens is 316 g/mol. The van der Waals surface area contributed by atoms with Gasteiger partial charge in [-0.1, -0.05) is 37.3 Å². The van der Waals surface area contributed by atoms with Crippen molar-refractivity contribution in [2.45, 2.75) is 19.9 Å². The van der Waals surface area contributed by atoms with Crippen LogP contribution in [-0.2, 0) is 17.8 Å². The van der Waals surface area contributed by atoms with Crippen LogP contribution in [0.25, 0.3) is 10.9 Å². The molecule has 0 aliphatic rings. The molecule has 3 aromatic rings. The molecule has 0 atom stereocenters. The summed E-state index contributed by atoms with van der Waals surface area (Å²) in [6.07, 6.45) is 0.609. The van der Waals surface area contributed by atoms with E-state index in [9.17, 15) is 9.59 Å². The average molecular weight is 336 g/mol. The number of nitrogens with zero attached hydrogens (tertiary/aromatic N) is 1. The minimum absolute atomic E-state index is 0.375. The van der Waals surface area contributed by atoms with Crippen LogP contribution in [0.2, 0.25) is 0 Å². The van der Waals surface area contributed by atoms with Crippen molar-refractivity contribution in [3.63, 3.8) is 0 Å². The number of carbonyl (C=O) groups is 2. The number of ether oxygens (including phenoxy) is 1. The fourth-order valence-corrected chi connectivity index (χ4v) is 3.20. The zero-order valence-electron chi connectivity index (χ0n) is 14.3. The van der Waals surface area contributed by atoms with Crippen LogP contribution in [0.4, 0.5) is 0 Å². The second-order valence-corrected chi connectivity index (χ2v) is 5.82. The summed E-state index contributed by atoms with van der Waals surface area (Å²) in [7, 11) is 1.57. The van der Waals surface area contributed by atoms with Crippen molar-refractivity contribution < 1.29 is 14.3 Å². The Labute approximate surface area is 146 Å². The summed E-state index contributed by atoms with van der Waals surface area (Å²) < 4.78 is 7.35. The highest BCUT2D eigenvalue weighted by atomic mass is 16.5. The Hall–Kier alpha value is -3.08. The van der Waals surface area contributed by atoms with E-state index in [0.717, 1.165) is 16.8 Å². The van der Waals surface area contributed by atoms with Crippen molar-refractivity contribution in [3.8, 4) is 5.75 Å². The molecule has 3 rings (SSSR count). The van der Waals surface area contributed by atoms with E-state index in [4.69, 9.17) is 10.5 Å². The lowest BCUT2D eigenvalue weighted by atomic mass is 10.0. The van der Waals surface area contributed by atoms with Crippen molar-refractivity contribution >= 4 is 22.6 Å². The molecule has 1 aromatic heterocycles. The summed E-state index contributed by atoms with van der Waals surface area (Å²) in [4.78, 5) is 24.0. The highest BCUT2D eigenvalue weighted by Gasteiger charge is 2.25. The van der Waals surface area contributed by atoms with E-state index in [1.54, 1.807) is 13.2 Å². The van der Waals surface area contributed by atoms with Crippen LogP contribution in [0, 0.1) is 0 Å².